The fraction of sp³-hybridized carbons (Fsp3) is 0.167. The summed E-state index contributed by atoms with van der Waals surface area (Å²) < 4.78 is 0.998. The number of rotatable bonds is 2. The minimum Gasteiger partial charge on any atom is -0.361 e. The van der Waals surface area contributed by atoms with Gasteiger partial charge >= 0.3 is 0 Å². The molecule has 116 valence electrons. The lowest BCUT2D eigenvalue weighted by atomic mass is 10.1. The van der Waals surface area contributed by atoms with Gasteiger partial charge in [-0.05, 0) is 41.8 Å². The van der Waals surface area contributed by atoms with Crippen molar-refractivity contribution >= 4 is 50.0 Å². The fourth-order valence-electron chi connectivity index (χ4n) is 3.17. The van der Waals surface area contributed by atoms with E-state index in [1.54, 1.807) is 0 Å². The van der Waals surface area contributed by atoms with Crippen molar-refractivity contribution in [2.75, 3.05) is 11.4 Å². The molecule has 3 aromatic rings. The highest BCUT2D eigenvalue weighted by Crippen LogP contribution is 2.32. The Bertz CT molecular complexity index is 919. The number of hydrogen-bond acceptors (Lipinski definition) is 1. The van der Waals surface area contributed by atoms with Gasteiger partial charge in [0.25, 0.3) is 0 Å². The fourth-order valence-corrected chi connectivity index (χ4v) is 3.70. The summed E-state index contributed by atoms with van der Waals surface area (Å²) >= 11 is 9.49. The molecule has 1 aromatic heterocycles. The molecule has 4 rings (SSSR count). The van der Waals surface area contributed by atoms with Gasteiger partial charge in [-0.2, -0.15) is 0 Å². The van der Waals surface area contributed by atoms with Crippen LogP contribution in [0.5, 0.6) is 0 Å². The van der Waals surface area contributed by atoms with Crippen molar-refractivity contribution in [1.29, 1.82) is 0 Å². The van der Waals surface area contributed by atoms with Gasteiger partial charge in [-0.1, -0.05) is 39.7 Å². The Kier molecular flexibility index (Phi) is 3.66. The minimum absolute atomic E-state index is 0.123. The van der Waals surface area contributed by atoms with E-state index in [1.165, 1.54) is 5.56 Å². The zero-order chi connectivity index (χ0) is 16.0. The second-order valence-corrected chi connectivity index (χ2v) is 7.10. The number of carbonyl (C=O) groups is 1. The topological polar surface area (TPSA) is 36.1 Å². The number of nitrogens with zero attached hydrogens (tertiary/aromatic N) is 1. The number of aromatic amines is 1. The number of nitrogens with one attached hydrogen (secondary N) is 1. The molecule has 3 nitrogen and oxygen atoms in total. The van der Waals surface area contributed by atoms with E-state index in [4.69, 9.17) is 11.6 Å². The summed E-state index contributed by atoms with van der Waals surface area (Å²) in [4.78, 5) is 17.8. The molecule has 1 aliphatic rings. The molecule has 1 N–H and O–H groups in total. The molecule has 0 bridgehead atoms. The summed E-state index contributed by atoms with van der Waals surface area (Å²) in [5.74, 6) is 0.123. The van der Waals surface area contributed by atoms with Crippen LogP contribution in [0.4, 0.5) is 5.69 Å². The third-order valence-electron chi connectivity index (χ3n) is 4.32. The third-order valence-corrected chi connectivity index (χ3v) is 5.04. The lowest BCUT2D eigenvalue weighted by molar-refractivity contribution is -0.117. The smallest absolute Gasteiger partial charge is 0.231 e. The van der Waals surface area contributed by atoms with E-state index < -0.39 is 0 Å². The monoisotopic (exact) mass is 388 g/mol. The SMILES string of the molecule is O=C(Cc1c[nH]c2cc(Cl)ccc12)N1CCc2ccc(Br)cc21. The van der Waals surface area contributed by atoms with E-state index in [1.807, 2.05) is 41.4 Å². The highest BCUT2D eigenvalue weighted by atomic mass is 79.9. The molecular weight excluding hydrogens is 376 g/mol. The van der Waals surface area contributed by atoms with Gasteiger partial charge in [0, 0.05) is 38.8 Å². The van der Waals surface area contributed by atoms with Crippen LogP contribution in [0.3, 0.4) is 0 Å². The molecule has 0 fully saturated rings. The molecule has 0 spiro atoms. The highest BCUT2D eigenvalue weighted by molar-refractivity contribution is 9.10. The van der Waals surface area contributed by atoms with E-state index in [-0.39, 0.29) is 5.91 Å². The average Bonchev–Trinajstić information content (AvgIpc) is 3.11. The second kappa shape index (κ2) is 5.69. The largest absolute Gasteiger partial charge is 0.361 e. The first-order valence-electron chi connectivity index (χ1n) is 7.46. The van der Waals surface area contributed by atoms with Gasteiger partial charge in [0.15, 0.2) is 0 Å². The molecule has 0 atom stereocenters. The zero-order valence-electron chi connectivity index (χ0n) is 12.3. The van der Waals surface area contributed by atoms with Crippen LogP contribution >= 0.6 is 27.5 Å². The van der Waals surface area contributed by atoms with E-state index in [0.29, 0.717) is 11.4 Å². The number of carbonyl (C=O) groups excluding carboxylic acids is 1. The Morgan fingerprint density at radius 1 is 1.26 bits per heavy atom. The lowest BCUT2D eigenvalue weighted by Crippen LogP contribution is -2.30. The number of fused-ring (bicyclic) bond motifs is 2. The van der Waals surface area contributed by atoms with Crippen molar-refractivity contribution in [3.63, 3.8) is 0 Å². The average molecular weight is 390 g/mol. The number of H-pyrrole nitrogens is 1. The van der Waals surface area contributed by atoms with Crippen LogP contribution in [0.1, 0.15) is 11.1 Å². The first kappa shape index (κ1) is 14.8. The van der Waals surface area contributed by atoms with Gasteiger partial charge in [0.1, 0.15) is 0 Å². The predicted molar refractivity (Wildman–Crippen MR) is 97.2 cm³/mol. The molecule has 2 heterocycles. The van der Waals surface area contributed by atoms with Crippen LogP contribution < -0.4 is 4.90 Å². The Hall–Kier alpha value is -1.78. The molecule has 1 amide bonds. The maximum Gasteiger partial charge on any atom is 0.231 e. The number of aromatic nitrogens is 1. The summed E-state index contributed by atoms with van der Waals surface area (Å²) in [6, 6.07) is 11.8. The maximum atomic E-state index is 12.8. The standard InChI is InChI=1S/C18H14BrClN2O/c19-13-2-1-11-5-6-22(17(11)8-13)18(23)7-12-10-21-16-9-14(20)3-4-15(12)16/h1-4,8-10,21H,5-7H2. The summed E-state index contributed by atoms with van der Waals surface area (Å²) in [5.41, 5.74) is 4.22. The number of halogens is 2. The van der Waals surface area contributed by atoms with Gasteiger partial charge in [-0.3, -0.25) is 4.79 Å². The van der Waals surface area contributed by atoms with Crippen LogP contribution in [0.25, 0.3) is 10.9 Å². The van der Waals surface area contributed by atoms with E-state index in [0.717, 1.165) is 39.6 Å². The quantitative estimate of drug-likeness (QED) is 0.676. The Morgan fingerprint density at radius 2 is 2.13 bits per heavy atom. The summed E-state index contributed by atoms with van der Waals surface area (Å²) in [6.07, 6.45) is 3.20. The van der Waals surface area contributed by atoms with Gasteiger partial charge in [0.2, 0.25) is 5.91 Å². The summed E-state index contributed by atoms with van der Waals surface area (Å²) in [5, 5.41) is 1.74. The molecule has 5 heteroatoms. The van der Waals surface area contributed by atoms with Crippen LogP contribution in [-0.2, 0) is 17.6 Å². The first-order chi connectivity index (χ1) is 11.1. The number of anilines is 1. The normalized spacial score (nSPS) is 13.6. The van der Waals surface area contributed by atoms with Crippen molar-refractivity contribution in [3.05, 3.63) is 63.2 Å². The van der Waals surface area contributed by atoms with Gasteiger partial charge in [-0.15, -0.1) is 0 Å². The third kappa shape index (κ3) is 2.66. The molecule has 0 unspecified atom stereocenters. The van der Waals surface area contributed by atoms with Crippen LogP contribution in [0, 0.1) is 0 Å². The minimum atomic E-state index is 0.123. The van der Waals surface area contributed by atoms with Crippen LogP contribution in [-0.4, -0.2) is 17.4 Å². The molecule has 0 radical (unpaired) electrons. The van der Waals surface area contributed by atoms with Gasteiger partial charge in [0.05, 0.1) is 6.42 Å². The zero-order valence-corrected chi connectivity index (χ0v) is 14.6. The molecule has 0 saturated carbocycles. The Balaban J connectivity index is 1.62. The molecule has 0 aliphatic carbocycles. The van der Waals surface area contributed by atoms with Crippen molar-refractivity contribution in [3.8, 4) is 0 Å². The number of hydrogen-bond donors (Lipinski definition) is 1. The van der Waals surface area contributed by atoms with Gasteiger partial charge < -0.3 is 9.88 Å². The predicted octanol–water partition coefficient (Wildman–Crippen LogP) is 4.72. The summed E-state index contributed by atoms with van der Waals surface area (Å²) in [6.45, 7) is 0.749. The molecule has 0 saturated heterocycles. The van der Waals surface area contributed by atoms with E-state index >= 15 is 0 Å². The highest BCUT2D eigenvalue weighted by Gasteiger charge is 2.25. The van der Waals surface area contributed by atoms with Gasteiger partial charge in [-0.25, -0.2) is 0 Å². The number of benzene rings is 2. The Morgan fingerprint density at radius 3 is 3.00 bits per heavy atom. The molecule has 2 aromatic carbocycles. The molecular formula is C18H14BrClN2O. The van der Waals surface area contributed by atoms with Crippen molar-refractivity contribution in [1.82, 2.24) is 4.98 Å². The van der Waals surface area contributed by atoms with Crippen LogP contribution in [0.15, 0.2) is 47.1 Å². The van der Waals surface area contributed by atoms with E-state index in [2.05, 4.69) is 27.0 Å². The Labute approximate surface area is 147 Å². The van der Waals surface area contributed by atoms with Crippen LogP contribution in [0.2, 0.25) is 5.02 Å². The van der Waals surface area contributed by atoms with Crippen molar-refractivity contribution < 1.29 is 4.79 Å². The number of amides is 1. The second-order valence-electron chi connectivity index (χ2n) is 5.75. The molecule has 23 heavy (non-hydrogen) atoms. The lowest BCUT2D eigenvalue weighted by Gasteiger charge is -2.17. The van der Waals surface area contributed by atoms with Crippen molar-refractivity contribution in [2.45, 2.75) is 12.8 Å². The first-order valence-corrected chi connectivity index (χ1v) is 8.63. The summed E-state index contributed by atoms with van der Waals surface area (Å²) in [7, 11) is 0. The molecule has 1 aliphatic heterocycles. The van der Waals surface area contributed by atoms with Crippen molar-refractivity contribution in [2.24, 2.45) is 0 Å². The maximum absolute atomic E-state index is 12.8. The van der Waals surface area contributed by atoms with E-state index in [9.17, 15) is 4.79 Å².